The van der Waals surface area contributed by atoms with Crippen LogP contribution in [0.5, 0.6) is 0 Å². The topological polar surface area (TPSA) is 55.4 Å². The Morgan fingerprint density at radius 2 is 2.00 bits per heavy atom. The van der Waals surface area contributed by atoms with E-state index in [-0.39, 0.29) is 12.2 Å². The first-order chi connectivity index (χ1) is 7.63. The molecule has 4 heteroatoms. The molecule has 0 aliphatic rings. The van der Waals surface area contributed by atoms with Crippen LogP contribution in [0.25, 0.3) is 0 Å². The van der Waals surface area contributed by atoms with E-state index in [1.54, 1.807) is 0 Å². The summed E-state index contributed by atoms with van der Waals surface area (Å²) in [7, 11) is 0. The van der Waals surface area contributed by atoms with Crippen LogP contribution in [-0.4, -0.2) is 11.8 Å². The van der Waals surface area contributed by atoms with Gasteiger partial charge in [0.25, 0.3) is 0 Å². The molecular formula is C12H15NO3. The Labute approximate surface area is 94.6 Å². The second kappa shape index (κ2) is 5.90. The van der Waals surface area contributed by atoms with Crippen molar-refractivity contribution in [2.45, 2.75) is 26.7 Å². The lowest BCUT2D eigenvalue weighted by atomic mass is 10.1. The fraction of sp³-hybridized carbons (Fsp3) is 0.333. The molecule has 0 bridgehead atoms. The lowest BCUT2D eigenvalue weighted by Gasteiger charge is -2.09. The number of aryl methyl sites for hydroxylation is 1. The Morgan fingerprint density at radius 3 is 2.62 bits per heavy atom. The first kappa shape index (κ1) is 12.2. The van der Waals surface area contributed by atoms with Gasteiger partial charge in [-0.25, -0.2) is 10.3 Å². The molecule has 1 aromatic carbocycles. The van der Waals surface area contributed by atoms with Crippen molar-refractivity contribution in [3.63, 3.8) is 0 Å². The molecule has 0 fully saturated rings. The zero-order chi connectivity index (χ0) is 12.0. The molecule has 0 atom stereocenters. The second-order valence-corrected chi connectivity index (χ2v) is 3.47. The second-order valence-electron chi connectivity index (χ2n) is 3.47. The molecule has 1 aromatic rings. The van der Waals surface area contributed by atoms with Crippen LogP contribution in [0.1, 0.15) is 25.8 Å². The van der Waals surface area contributed by atoms with E-state index in [1.165, 1.54) is 6.92 Å². The summed E-state index contributed by atoms with van der Waals surface area (Å²) in [5, 5.41) is 0. The first-order valence-corrected chi connectivity index (χ1v) is 5.16. The average molecular weight is 221 g/mol. The van der Waals surface area contributed by atoms with Crippen LogP contribution in [0.2, 0.25) is 0 Å². The van der Waals surface area contributed by atoms with Gasteiger partial charge in [-0.05, 0) is 25.0 Å². The largest absolute Gasteiger partial charge is 0.343 e. The molecule has 1 N–H and O–H groups in total. The number of carbonyl (C=O) groups excluding carboxylic acids is 2. The van der Waals surface area contributed by atoms with E-state index in [0.29, 0.717) is 0 Å². The van der Waals surface area contributed by atoms with Crippen LogP contribution in [0.4, 0.5) is 5.69 Å². The zero-order valence-electron chi connectivity index (χ0n) is 9.45. The summed E-state index contributed by atoms with van der Waals surface area (Å²) in [5.74, 6) is -0.783. The third kappa shape index (κ3) is 3.73. The van der Waals surface area contributed by atoms with Crippen molar-refractivity contribution < 1.29 is 14.4 Å². The van der Waals surface area contributed by atoms with Crippen LogP contribution in [0, 0.1) is 0 Å². The number of anilines is 1. The smallest absolute Gasteiger partial charge is 0.339 e. The molecule has 1 rings (SSSR count). The highest BCUT2D eigenvalue weighted by atomic mass is 16.7. The Kier molecular flexibility index (Phi) is 4.51. The number of hydrogen-bond acceptors (Lipinski definition) is 4. The van der Waals surface area contributed by atoms with Gasteiger partial charge in [0, 0.05) is 0 Å². The van der Waals surface area contributed by atoms with Crippen LogP contribution in [0.15, 0.2) is 24.3 Å². The predicted molar refractivity (Wildman–Crippen MR) is 60.8 cm³/mol. The third-order valence-corrected chi connectivity index (χ3v) is 2.07. The van der Waals surface area contributed by atoms with Gasteiger partial charge >= 0.3 is 5.97 Å². The number of rotatable bonds is 5. The van der Waals surface area contributed by atoms with Gasteiger partial charge < -0.3 is 4.84 Å². The van der Waals surface area contributed by atoms with E-state index in [9.17, 15) is 9.59 Å². The summed E-state index contributed by atoms with van der Waals surface area (Å²) in [4.78, 5) is 26.6. The van der Waals surface area contributed by atoms with Gasteiger partial charge in [0.2, 0.25) is 0 Å². The summed E-state index contributed by atoms with van der Waals surface area (Å²) >= 11 is 0. The van der Waals surface area contributed by atoms with Crippen LogP contribution < -0.4 is 5.48 Å². The summed E-state index contributed by atoms with van der Waals surface area (Å²) in [6.45, 7) is 3.36. The fourth-order valence-electron chi connectivity index (χ4n) is 1.28. The molecular weight excluding hydrogens is 206 g/mol. The minimum absolute atomic E-state index is 0.207. The molecule has 0 aromatic heterocycles. The van der Waals surface area contributed by atoms with E-state index in [4.69, 9.17) is 4.84 Å². The van der Waals surface area contributed by atoms with Gasteiger partial charge in [-0.15, -0.1) is 0 Å². The monoisotopic (exact) mass is 221 g/mol. The van der Waals surface area contributed by atoms with Crippen LogP contribution in [-0.2, 0) is 20.8 Å². The highest BCUT2D eigenvalue weighted by Gasteiger charge is 2.07. The number of benzene rings is 1. The van der Waals surface area contributed by atoms with Crippen molar-refractivity contribution in [3.05, 3.63) is 29.8 Å². The lowest BCUT2D eigenvalue weighted by Crippen LogP contribution is -2.14. The quantitative estimate of drug-likeness (QED) is 0.611. The summed E-state index contributed by atoms with van der Waals surface area (Å²) in [6.07, 6.45) is 0.634. The molecule has 4 nitrogen and oxygen atoms in total. The minimum Gasteiger partial charge on any atom is -0.343 e. The van der Waals surface area contributed by atoms with Gasteiger partial charge in [0.1, 0.15) is 12.2 Å². The molecule has 0 spiro atoms. The number of para-hydroxylation sites is 1. The third-order valence-electron chi connectivity index (χ3n) is 2.07. The number of Topliss-reactive ketones (excluding diaryl/α,β-unsaturated/α-hetero) is 1. The predicted octanol–water partition coefficient (Wildman–Crippen LogP) is 2.10. The maximum atomic E-state index is 11.1. The molecule has 86 valence electrons. The van der Waals surface area contributed by atoms with E-state index in [1.807, 2.05) is 31.2 Å². The van der Waals surface area contributed by atoms with E-state index < -0.39 is 5.97 Å². The number of hydrogen-bond donors (Lipinski definition) is 1. The van der Waals surface area contributed by atoms with Gasteiger partial charge in [0.15, 0.2) is 0 Å². The van der Waals surface area contributed by atoms with Gasteiger partial charge in [-0.1, -0.05) is 25.1 Å². The SMILES string of the molecule is CCc1ccccc1NOC(=O)CC(C)=O. The number of ketones is 1. The number of nitrogens with one attached hydrogen (secondary N) is 1. The molecule has 0 amide bonds. The summed E-state index contributed by atoms with van der Waals surface area (Å²) in [6, 6.07) is 7.53. The standard InChI is InChI=1S/C12H15NO3/c1-3-10-6-4-5-7-11(10)13-16-12(15)8-9(2)14/h4-7,13H,3,8H2,1-2H3. The Hall–Kier alpha value is -1.84. The van der Waals surface area contributed by atoms with E-state index in [2.05, 4.69) is 5.48 Å². The molecule has 0 saturated heterocycles. The van der Waals surface area contributed by atoms with Gasteiger partial charge in [-0.3, -0.25) is 4.79 Å². The van der Waals surface area contributed by atoms with Gasteiger partial charge in [-0.2, -0.15) is 0 Å². The maximum absolute atomic E-state index is 11.1. The van der Waals surface area contributed by atoms with Crippen LogP contribution >= 0.6 is 0 Å². The molecule has 0 saturated carbocycles. The first-order valence-electron chi connectivity index (χ1n) is 5.16. The summed E-state index contributed by atoms with van der Waals surface area (Å²) in [5.41, 5.74) is 4.37. The minimum atomic E-state index is -0.571. The molecule has 16 heavy (non-hydrogen) atoms. The molecule has 0 aliphatic carbocycles. The highest BCUT2D eigenvalue weighted by molar-refractivity contribution is 5.94. The number of carbonyl (C=O) groups is 2. The fourth-order valence-corrected chi connectivity index (χ4v) is 1.28. The highest BCUT2D eigenvalue weighted by Crippen LogP contribution is 2.15. The van der Waals surface area contributed by atoms with Crippen LogP contribution in [0.3, 0.4) is 0 Å². The van der Waals surface area contributed by atoms with Crippen molar-refractivity contribution in [2.24, 2.45) is 0 Å². The molecule has 0 unspecified atom stereocenters. The Bertz CT molecular complexity index is 388. The summed E-state index contributed by atoms with van der Waals surface area (Å²) < 4.78 is 0. The lowest BCUT2D eigenvalue weighted by molar-refractivity contribution is -0.143. The maximum Gasteiger partial charge on any atom is 0.339 e. The van der Waals surface area contributed by atoms with Crippen molar-refractivity contribution in [3.8, 4) is 0 Å². The van der Waals surface area contributed by atoms with Gasteiger partial charge in [0.05, 0.1) is 5.69 Å². The van der Waals surface area contributed by atoms with Crippen molar-refractivity contribution in [1.82, 2.24) is 0 Å². The molecule has 0 heterocycles. The van der Waals surface area contributed by atoms with E-state index >= 15 is 0 Å². The van der Waals surface area contributed by atoms with Crippen molar-refractivity contribution in [2.75, 3.05) is 5.48 Å². The normalized spacial score (nSPS) is 9.62. The zero-order valence-corrected chi connectivity index (χ0v) is 9.45. The Morgan fingerprint density at radius 1 is 1.31 bits per heavy atom. The Balaban J connectivity index is 2.54. The molecule has 0 radical (unpaired) electrons. The van der Waals surface area contributed by atoms with E-state index in [0.717, 1.165) is 17.7 Å². The average Bonchev–Trinajstić information content (AvgIpc) is 2.26. The van der Waals surface area contributed by atoms with Crippen molar-refractivity contribution in [1.29, 1.82) is 0 Å². The van der Waals surface area contributed by atoms with Crippen molar-refractivity contribution >= 4 is 17.4 Å². The molecule has 0 aliphatic heterocycles.